The van der Waals surface area contributed by atoms with Gasteiger partial charge in [-0.25, -0.2) is 4.68 Å². The SMILES string of the molecule is Cc1c(C(=O)c2sc(Nc3cccc(C#N)c3)c(C#N)c2N)cnn1-c1ccccc1. The van der Waals surface area contributed by atoms with E-state index in [1.54, 1.807) is 28.9 Å². The lowest BCUT2D eigenvalue weighted by Gasteiger charge is -2.05. The van der Waals surface area contributed by atoms with Gasteiger partial charge in [0.05, 0.1) is 40.5 Å². The van der Waals surface area contributed by atoms with E-state index in [0.717, 1.165) is 17.0 Å². The van der Waals surface area contributed by atoms with E-state index in [-0.39, 0.29) is 21.9 Å². The Kier molecular flexibility index (Phi) is 5.23. The molecule has 0 unspecified atom stereocenters. The number of ketones is 1. The van der Waals surface area contributed by atoms with Crippen molar-refractivity contribution >= 4 is 33.5 Å². The second kappa shape index (κ2) is 8.15. The fourth-order valence-electron chi connectivity index (χ4n) is 3.19. The van der Waals surface area contributed by atoms with Crippen LogP contribution in [0.15, 0.2) is 60.8 Å². The minimum absolute atomic E-state index is 0.128. The van der Waals surface area contributed by atoms with Gasteiger partial charge < -0.3 is 11.1 Å². The largest absolute Gasteiger partial charge is 0.396 e. The van der Waals surface area contributed by atoms with Gasteiger partial charge in [0.15, 0.2) is 0 Å². The van der Waals surface area contributed by atoms with Gasteiger partial charge in [0, 0.05) is 5.69 Å². The maximum absolute atomic E-state index is 13.3. The number of aromatic nitrogens is 2. The fraction of sp³-hybridized carbons (Fsp3) is 0.0435. The van der Waals surface area contributed by atoms with Crippen LogP contribution in [0.3, 0.4) is 0 Å². The van der Waals surface area contributed by atoms with Crippen LogP contribution in [0.5, 0.6) is 0 Å². The standard InChI is InChI=1S/C23H16N6OS/c1-14-19(13-27-29(14)17-8-3-2-4-9-17)21(30)22-20(26)18(12-25)23(31-22)28-16-7-5-6-15(10-16)11-24/h2-10,13,28H,26H2,1H3. The number of carbonyl (C=O) groups is 1. The number of nitrogens with two attached hydrogens (primary N) is 1. The highest BCUT2D eigenvalue weighted by Crippen LogP contribution is 2.38. The molecule has 150 valence electrons. The predicted molar refractivity (Wildman–Crippen MR) is 120 cm³/mol. The number of nitrogens with zero attached hydrogens (tertiary/aromatic N) is 4. The van der Waals surface area contributed by atoms with E-state index in [1.165, 1.54) is 6.20 Å². The first-order valence-corrected chi connectivity index (χ1v) is 10.1. The monoisotopic (exact) mass is 424 g/mol. The van der Waals surface area contributed by atoms with E-state index in [9.17, 15) is 10.1 Å². The molecular weight excluding hydrogens is 408 g/mol. The van der Waals surface area contributed by atoms with E-state index in [2.05, 4.69) is 22.6 Å². The molecule has 0 amide bonds. The van der Waals surface area contributed by atoms with Gasteiger partial charge in [0.25, 0.3) is 0 Å². The number of anilines is 3. The third-order valence-electron chi connectivity index (χ3n) is 4.77. The predicted octanol–water partition coefficient (Wildman–Crippen LogP) is 4.54. The van der Waals surface area contributed by atoms with Gasteiger partial charge in [-0.3, -0.25) is 4.79 Å². The number of rotatable bonds is 5. The van der Waals surface area contributed by atoms with Crippen molar-refractivity contribution in [1.29, 1.82) is 10.5 Å². The molecule has 4 rings (SSSR count). The minimum Gasteiger partial charge on any atom is -0.396 e. The summed E-state index contributed by atoms with van der Waals surface area (Å²) in [7, 11) is 0. The van der Waals surface area contributed by atoms with Crippen LogP contribution in [0.25, 0.3) is 5.69 Å². The van der Waals surface area contributed by atoms with Crippen LogP contribution >= 0.6 is 11.3 Å². The van der Waals surface area contributed by atoms with Crippen LogP contribution in [-0.2, 0) is 0 Å². The van der Waals surface area contributed by atoms with Crippen molar-refractivity contribution in [1.82, 2.24) is 9.78 Å². The van der Waals surface area contributed by atoms with E-state index in [4.69, 9.17) is 11.0 Å². The fourth-order valence-corrected chi connectivity index (χ4v) is 4.24. The molecule has 2 aromatic carbocycles. The van der Waals surface area contributed by atoms with E-state index in [0.29, 0.717) is 27.5 Å². The van der Waals surface area contributed by atoms with Gasteiger partial charge in [0.2, 0.25) is 5.78 Å². The lowest BCUT2D eigenvalue weighted by molar-refractivity contribution is 0.104. The molecule has 0 spiro atoms. The number of hydrogen-bond acceptors (Lipinski definition) is 7. The molecule has 0 saturated carbocycles. The first-order valence-electron chi connectivity index (χ1n) is 9.27. The quantitative estimate of drug-likeness (QED) is 0.454. The number of nitrogen functional groups attached to an aromatic ring is 1. The Bertz CT molecular complexity index is 1370. The topological polar surface area (TPSA) is 121 Å². The van der Waals surface area contributed by atoms with Crippen LogP contribution < -0.4 is 11.1 Å². The third kappa shape index (κ3) is 3.64. The van der Waals surface area contributed by atoms with Crippen molar-refractivity contribution in [2.24, 2.45) is 0 Å². The summed E-state index contributed by atoms with van der Waals surface area (Å²) < 4.78 is 1.69. The smallest absolute Gasteiger partial charge is 0.208 e. The first-order chi connectivity index (χ1) is 15.0. The zero-order valence-corrected chi connectivity index (χ0v) is 17.3. The Morgan fingerprint density at radius 3 is 2.61 bits per heavy atom. The molecule has 4 aromatic rings. The highest BCUT2D eigenvalue weighted by atomic mass is 32.1. The van der Waals surface area contributed by atoms with Crippen LogP contribution in [0.2, 0.25) is 0 Å². The summed E-state index contributed by atoms with van der Waals surface area (Å²) in [5.74, 6) is -0.294. The average Bonchev–Trinajstić information content (AvgIpc) is 3.33. The number of thiophene rings is 1. The molecule has 0 aliphatic carbocycles. The molecule has 7 nitrogen and oxygen atoms in total. The summed E-state index contributed by atoms with van der Waals surface area (Å²) >= 11 is 1.11. The number of carbonyl (C=O) groups excluding carboxylic acids is 1. The van der Waals surface area contributed by atoms with Gasteiger partial charge in [-0.1, -0.05) is 24.3 Å². The van der Waals surface area contributed by atoms with E-state index >= 15 is 0 Å². The Morgan fingerprint density at radius 2 is 1.90 bits per heavy atom. The molecule has 8 heteroatoms. The lowest BCUT2D eigenvalue weighted by atomic mass is 10.1. The van der Waals surface area contributed by atoms with Crippen molar-refractivity contribution in [3.8, 4) is 17.8 Å². The molecule has 3 N–H and O–H groups in total. The van der Waals surface area contributed by atoms with Crippen molar-refractivity contribution < 1.29 is 4.79 Å². The summed E-state index contributed by atoms with van der Waals surface area (Å²) in [6, 6.07) is 20.5. The molecule has 0 bridgehead atoms. The molecular formula is C23H16N6OS. The van der Waals surface area contributed by atoms with Gasteiger partial charge >= 0.3 is 0 Å². The van der Waals surface area contributed by atoms with Crippen molar-refractivity contribution in [2.45, 2.75) is 6.92 Å². The van der Waals surface area contributed by atoms with Crippen LogP contribution in [0.1, 0.15) is 32.1 Å². The number of para-hydroxylation sites is 1. The van der Waals surface area contributed by atoms with Crippen molar-refractivity contribution in [3.05, 3.63) is 88.1 Å². The molecule has 2 heterocycles. The molecule has 0 fully saturated rings. The molecule has 0 aliphatic heterocycles. The normalized spacial score (nSPS) is 10.3. The number of nitrogens with one attached hydrogen (secondary N) is 1. The minimum atomic E-state index is -0.294. The summed E-state index contributed by atoms with van der Waals surface area (Å²) in [4.78, 5) is 13.5. The van der Waals surface area contributed by atoms with E-state index in [1.807, 2.05) is 37.3 Å². The average molecular weight is 424 g/mol. The Labute approximate surface area is 182 Å². The first kappa shape index (κ1) is 19.9. The Morgan fingerprint density at radius 1 is 1.13 bits per heavy atom. The summed E-state index contributed by atoms with van der Waals surface area (Å²) in [6.07, 6.45) is 1.51. The van der Waals surface area contributed by atoms with E-state index < -0.39 is 0 Å². The second-order valence-electron chi connectivity index (χ2n) is 6.70. The number of hydrogen-bond donors (Lipinski definition) is 2. The Hall–Kier alpha value is -4.40. The lowest BCUT2D eigenvalue weighted by Crippen LogP contribution is -2.05. The number of benzene rings is 2. The summed E-state index contributed by atoms with van der Waals surface area (Å²) in [5, 5.41) is 26.6. The highest BCUT2D eigenvalue weighted by molar-refractivity contribution is 7.19. The zero-order valence-electron chi connectivity index (χ0n) is 16.5. The van der Waals surface area contributed by atoms with Crippen LogP contribution in [0.4, 0.5) is 16.4 Å². The zero-order chi connectivity index (χ0) is 22.0. The summed E-state index contributed by atoms with van der Waals surface area (Å²) in [5.41, 5.74) is 9.55. The van der Waals surface area contributed by atoms with Gasteiger partial charge in [0.1, 0.15) is 21.5 Å². The van der Waals surface area contributed by atoms with Crippen LogP contribution in [-0.4, -0.2) is 15.6 Å². The second-order valence-corrected chi connectivity index (χ2v) is 7.72. The maximum Gasteiger partial charge on any atom is 0.208 e. The van der Waals surface area contributed by atoms with Crippen LogP contribution in [0, 0.1) is 29.6 Å². The molecule has 31 heavy (non-hydrogen) atoms. The van der Waals surface area contributed by atoms with Gasteiger partial charge in [-0.15, -0.1) is 11.3 Å². The summed E-state index contributed by atoms with van der Waals surface area (Å²) in [6.45, 7) is 1.81. The molecule has 0 radical (unpaired) electrons. The maximum atomic E-state index is 13.3. The third-order valence-corrected chi connectivity index (χ3v) is 5.89. The highest BCUT2D eigenvalue weighted by Gasteiger charge is 2.25. The van der Waals surface area contributed by atoms with Gasteiger partial charge in [-0.05, 0) is 37.3 Å². The molecule has 2 aromatic heterocycles. The van der Waals surface area contributed by atoms with Crippen molar-refractivity contribution in [2.75, 3.05) is 11.1 Å². The van der Waals surface area contributed by atoms with Crippen molar-refractivity contribution in [3.63, 3.8) is 0 Å². The van der Waals surface area contributed by atoms with Gasteiger partial charge in [-0.2, -0.15) is 15.6 Å². The number of nitriles is 2. The molecule has 0 atom stereocenters. The molecule has 0 saturated heterocycles. The molecule has 0 aliphatic rings. The Balaban J connectivity index is 1.71.